The molecule has 2 N–H and O–H groups in total. The molecule has 7 nitrogen and oxygen atoms in total. The zero-order chi connectivity index (χ0) is 15.7. The third kappa shape index (κ3) is 2.83. The van der Waals surface area contributed by atoms with Gasteiger partial charge < -0.3 is 10.4 Å². The highest BCUT2D eigenvalue weighted by atomic mass is 16.4. The summed E-state index contributed by atoms with van der Waals surface area (Å²) in [5.74, 6) is -1.58. The van der Waals surface area contributed by atoms with E-state index in [0.29, 0.717) is 10.8 Å². The van der Waals surface area contributed by atoms with Crippen LogP contribution in [-0.2, 0) is 16.1 Å². The van der Waals surface area contributed by atoms with Gasteiger partial charge in [-0.15, -0.1) is 0 Å². The van der Waals surface area contributed by atoms with Gasteiger partial charge in [0.05, 0.1) is 11.6 Å². The van der Waals surface area contributed by atoms with Crippen LogP contribution in [0.25, 0.3) is 10.8 Å². The Bertz CT molecular complexity index is 795. The fourth-order valence-electron chi connectivity index (χ4n) is 2.41. The lowest BCUT2D eigenvalue weighted by Crippen LogP contribution is -2.45. The predicted octanol–water partition coefficient (Wildman–Crippen LogP) is 0.376. The molecule has 1 heterocycles. The van der Waals surface area contributed by atoms with E-state index in [4.69, 9.17) is 5.11 Å². The van der Waals surface area contributed by atoms with E-state index in [0.717, 1.165) is 17.5 Å². The molecular formula is C15H15N3O4. The first-order valence-corrected chi connectivity index (χ1v) is 7.03. The van der Waals surface area contributed by atoms with Crippen LogP contribution in [0.3, 0.4) is 0 Å². The lowest BCUT2D eigenvalue weighted by molar-refractivity contribution is -0.142. The van der Waals surface area contributed by atoms with Gasteiger partial charge in [-0.3, -0.25) is 9.59 Å². The van der Waals surface area contributed by atoms with Gasteiger partial charge in [0.1, 0.15) is 12.6 Å². The summed E-state index contributed by atoms with van der Waals surface area (Å²) in [6.45, 7) is -0.292. The Morgan fingerprint density at radius 1 is 1.36 bits per heavy atom. The van der Waals surface area contributed by atoms with Gasteiger partial charge in [-0.05, 0) is 24.8 Å². The van der Waals surface area contributed by atoms with Crippen LogP contribution < -0.4 is 10.9 Å². The quantitative estimate of drug-likeness (QED) is 0.831. The molecule has 1 fully saturated rings. The second kappa shape index (κ2) is 5.59. The second-order valence-electron chi connectivity index (χ2n) is 5.42. The number of carboxylic acid groups (broad SMARTS) is 1. The van der Waals surface area contributed by atoms with Crippen molar-refractivity contribution in [2.75, 3.05) is 0 Å². The van der Waals surface area contributed by atoms with Crippen molar-refractivity contribution >= 4 is 22.6 Å². The minimum absolute atomic E-state index is 0.0114. The lowest BCUT2D eigenvalue weighted by atomic mass is 10.2. The maximum atomic E-state index is 12.2. The predicted molar refractivity (Wildman–Crippen MR) is 78.3 cm³/mol. The molecule has 1 unspecified atom stereocenters. The van der Waals surface area contributed by atoms with Crippen molar-refractivity contribution in [2.24, 2.45) is 5.92 Å². The number of aliphatic carboxylic acids is 1. The lowest BCUT2D eigenvalue weighted by Gasteiger charge is -2.13. The SMILES string of the molecule is O=C(Cn1ncc2ccccc2c1=O)NC(C(=O)O)C1CC1. The highest BCUT2D eigenvalue weighted by Gasteiger charge is 2.37. The summed E-state index contributed by atoms with van der Waals surface area (Å²) in [5, 5.41) is 16.7. The average molecular weight is 301 g/mol. The number of carbonyl (C=O) groups is 2. The average Bonchev–Trinajstić information content (AvgIpc) is 3.32. The fraction of sp³-hybridized carbons (Fsp3) is 0.333. The Morgan fingerprint density at radius 2 is 2.09 bits per heavy atom. The smallest absolute Gasteiger partial charge is 0.326 e. The van der Waals surface area contributed by atoms with Crippen LogP contribution in [0.4, 0.5) is 0 Å². The number of aromatic nitrogens is 2. The molecule has 0 bridgehead atoms. The van der Waals surface area contributed by atoms with Crippen molar-refractivity contribution in [1.82, 2.24) is 15.1 Å². The number of amides is 1. The number of hydrogen-bond donors (Lipinski definition) is 2. The van der Waals surface area contributed by atoms with Gasteiger partial charge >= 0.3 is 5.97 Å². The Kier molecular flexibility index (Phi) is 3.62. The summed E-state index contributed by atoms with van der Waals surface area (Å²) >= 11 is 0. The van der Waals surface area contributed by atoms with Gasteiger partial charge in [0.25, 0.3) is 5.56 Å². The molecule has 22 heavy (non-hydrogen) atoms. The summed E-state index contributed by atoms with van der Waals surface area (Å²) in [7, 11) is 0. The molecule has 0 saturated heterocycles. The highest BCUT2D eigenvalue weighted by molar-refractivity contribution is 5.84. The molecular weight excluding hydrogens is 286 g/mol. The maximum absolute atomic E-state index is 12.2. The van der Waals surface area contributed by atoms with Crippen LogP contribution in [0, 0.1) is 5.92 Å². The van der Waals surface area contributed by atoms with Gasteiger partial charge in [-0.1, -0.05) is 18.2 Å². The number of fused-ring (bicyclic) bond motifs is 1. The van der Waals surface area contributed by atoms with E-state index in [1.807, 2.05) is 0 Å². The molecule has 0 aliphatic heterocycles. The monoisotopic (exact) mass is 301 g/mol. The fourth-order valence-corrected chi connectivity index (χ4v) is 2.41. The van der Waals surface area contributed by atoms with Crippen LogP contribution >= 0.6 is 0 Å². The molecule has 1 aliphatic rings. The molecule has 0 spiro atoms. The minimum Gasteiger partial charge on any atom is -0.480 e. The zero-order valence-electron chi connectivity index (χ0n) is 11.7. The molecule has 1 atom stereocenters. The Hall–Kier alpha value is -2.70. The zero-order valence-corrected chi connectivity index (χ0v) is 11.7. The number of nitrogens with zero attached hydrogens (tertiary/aromatic N) is 2. The van der Waals surface area contributed by atoms with Gasteiger partial charge in [0, 0.05) is 5.39 Å². The van der Waals surface area contributed by atoms with E-state index < -0.39 is 17.9 Å². The molecule has 114 valence electrons. The van der Waals surface area contributed by atoms with Crippen molar-refractivity contribution in [1.29, 1.82) is 0 Å². The van der Waals surface area contributed by atoms with Crippen molar-refractivity contribution in [3.8, 4) is 0 Å². The Morgan fingerprint density at radius 3 is 2.77 bits per heavy atom. The summed E-state index contributed by atoms with van der Waals surface area (Å²) in [6, 6.07) is 6.08. The molecule has 1 saturated carbocycles. The molecule has 7 heteroatoms. The van der Waals surface area contributed by atoms with Gasteiger partial charge in [0.15, 0.2) is 0 Å². The van der Waals surface area contributed by atoms with Crippen molar-refractivity contribution in [3.63, 3.8) is 0 Å². The Balaban J connectivity index is 1.78. The van der Waals surface area contributed by atoms with Crippen LogP contribution in [0.2, 0.25) is 0 Å². The van der Waals surface area contributed by atoms with E-state index in [1.54, 1.807) is 24.3 Å². The Labute approximate surface area is 125 Å². The largest absolute Gasteiger partial charge is 0.480 e. The third-order valence-electron chi connectivity index (χ3n) is 3.73. The first kappa shape index (κ1) is 14.2. The van der Waals surface area contributed by atoms with Crippen LogP contribution in [0.5, 0.6) is 0 Å². The van der Waals surface area contributed by atoms with Crippen LogP contribution in [0.1, 0.15) is 12.8 Å². The van der Waals surface area contributed by atoms with E-state index >= 15 is 0 Å². The number of carbonyl (C=O) groups excluding carboxylic acids is 1. The summed E-state index contributed by atoms with van der Waals surface area (Å²) in [4.78, 5) is 35.3. The van der Waals surface area contributed by atoms with Crippen molar-refractivity contribution < 1.29 is 14.7 Å². The molecule has 1 aliphatic carbocycles. The molecule has 1 aromatic heterocycles. The number of rotatable bonds is 5. The first-order chi connectivity index (χ1) is 10.6. The normalized spacial score (nSPS) is 15.5. The summed E-state index contributed by atoms with van der Waals surface area (Å²) in [5.41, 5.74) is -0.369. The first-order valence-electron chi connectivity index (χ1n) is 7.03. The number of hydrogen-bond acceptors (Lipinski definition) is 4. The highest BCUT2D eigenvalue weighted by Crippen LogP contribution is 2.32. The van der Waals surface area contributed by atoms with Crippen LogP contribution in [-0.4, -0.2) is 32.8 Å². The number of nitrogens with one attached hydrogen (secondary N) is 1. The molecule has 1 aromatic carbocycles. The summed E-state index contributed by atoms with van der Waals surface area (Å²) < 4.78 is 1.05. The van der Waals surface area contributed by atoms with Gasteiger partial charge in [-0.2, -0.15) is 5.10 Å². The van der Waals surface area contributed by atoms with Crippen molar-refractivity contribution in [3.05, 3.63) is 40.8 Å². The molecule has 3 rings (SSSR count). The van der Waals surface area contributed by atoms with E-state index in [2.05, 4.69) is 10.4 Å². The van der Waals surface area contributed by atoms with E-state index in [1.165, 1.54) is 6.20 Å². The topological polar surface area (TPSA) is 101 Å². The third-order valence-corrected chi connectivity index (χ3v) is 3.73. The standard InChI is InChI=1S/C15H15N3O4/c19-12(17-13(15(21)22)9-5-6-9)8-18-14(20)11-4-2-1-3-10(11)7-16-18/h1-4,7,9,13H,5-6,8H2,(H,17,19)(H,21,22). The molecule has 1 amide bonds. The minimum atomic E-state index is -1.05. The number of carboxylic acids is 1. The van der Waals surface area contributed by atoms with E-state index in [9.17, 15) is 14.4 Å². The van der Waals surface area contributed by atoms with E-state index in [-0.39, 0.29) is 18.0 Å². The molecule has 2 aromatic rings. The second-order valence-corrected chi connectivity index (χ2v) is 5.42. The number of benzene rings is 1. The molecule has 0 radical (unpaired) electrons. The van der Waals surface area contributed by atoms with Crippen LogP contribution in [0.15, 0.2) is 35.3 Å². The van der Waals surface area contributed by atoms with Gasteiger partial charge in [-0.25, -0.2) is 9.48 Å². The van der Waals surface area contributed by atoms with Crippen molar-refractivity contribution in [2.45, 2.75) is 25.4 Å². The summed E-state index contributed by atoms with van der Waals surface area (Å²) in [6.07, 6.45) is 3.11. The van der Waals surface area contributed by atoms with Gasteiger partial charge in [0.2, 0.25) is 5.91 Å². The maximum Gasteiger partial charge on any atom is 0.326 e.